The number of rotatable bonds is 4. The van der Waals surface area contributed by atoms with Crippen molar-refractivity contribution in [2.75, 3.05) is 21.3 Å². The van der Waals surface area contributed by atoms with E-state index in [0.717, 1.165) is 36.1 Å². The Morgan fingerprint density at radius 1 is 1.23 bits per heavy atom. The van der Waals surface area contributed by atoms with Crippen LogP contribution in [0.15, 0.2) is 34.8 Å². The maximum atomic E-state index is 7.00. The van der Waals surface area contributed by atoms with Gasteiger partial charge in [-0.15, -0.1) is 0 Å². The molecule has 0 spiro atoms. The van der Waals surface area contributed by atoms with Gasteiger partial charge in [0.25, 0.3) is 0 Å². The number of aliphatic hydroxyl groups excluding tert-OH is 1. The molecule has 1 aromatic carbocycles. The van der Waals surface area contributed by atoms with Crippen molar-refractivity contribution in [1.82, 2.24) is 0 Å². The Kier molecular flexibility index (Phi) is 14.8. The molecule has 0 aliphatic carbocycles. The van der Waals surface area contributed by atoms with Gasteiger partial charge in [-0.25, -0.2) is 0 Å². The topological polar surface area (TPSA) is 41.8 Å². The van der Waals surface area contributed by atoms with Crippen molar-refractivity contribution in [3.05, 3.63) is 41.0 Å². The van der Waals surface area contributed by atoms with Crippen LogP contribution < -0.4 is 4.74 Å². The number of benzene rings is 1. The fraction of sp³-hybridized carbons (Fsp3) is 0.526. The summed E-state index contributed by atoms with van der Waals surface area (Å²) in [4.78, 5) is 4.34. The van der Waals surface area contributed by atoms with Crippen LogP contribution in [-0.2, 0) is 0 Å². The Balaban J connectivity index is 0. The number of hydrogen-bond donors (Lipinski definition) is 1. The van der Waals surface area contributed by atoms with Crippen LogP contribution in [0.2, 0.25) is 0 Å². The van der Waals surface area contributed by atoms with Gasteiger partial charge in [-0.05, 0) is 50.1 Å². The van der Waals surface area contributed by atoms with E-state index in [2.05, 4.69) is 44.8 Å². The van der Waals surface area contributed by atoms with Crippen LogP contribution >= 0.6 is 0 Å². The predicted molar refractivity (Wildman–Crippen MR) is 98.3 cm³/mol. The van der Waals surface area contributed by atoms with E-state index >= 15 is 0 Å². The highest BCUT2D eigenvalue weighted by Gasteiger charge is 2.04. The molecule has 22 heavy (non-hydrogen) atoms. The fourth-order valence-electron chi connectivity index (χ4n) is 1.65. The lowest BCUT2D eigenvalue weighted by Gasteiger charge is -2.08. The molecule has 0 fully saturated rings. The maximum Gasteiger partial charge on any atom is 0.121 e. The summed E-state index contributed by atoms with van der Waals surface area (Å²) in [5, 5.41) is 7.00. The summed E-state index contributed by atoms with van der Waals surface area (Å²) in [6.45, 7) is 10.6. The minimum absolute atomic E-state index is 0.917. The van der Waals surface area contributed by atoms with E-state index in [-0.39, 0.29) is 0 Å². The Morgan fingerprint density at radius 3 is 2.14 bits per heavy atom. The van der Waals surface area contributed by atoms with Crippen LogP contribution in [-0.4, -0.2) is 32.1 Å². The van der Waals surface area contributed by atoms with Crippen molar-refractivity contribution in [3.63, 3.8) is 0 Å². The molecule has 0 unspecified atom stereocenters. The summed E-state index contributed by atoms with van der Waals surface area (Å²) < 4.78 is 5.26. The van der Waals surface area contributed by atoms with Gasteiger partial charge in [0.2, 0.25) is 0 Å². The van der Waals surface area contributed by atoms with Crippen LogP contribution in [0.5, 0.6) is 5.75 Å². The number of ether oxygens (including phenoxy) is 1. The first kappa shape index (κ1) is 22.7. The van der Waals surface area contributed by atoms with Gasteiger partial charge in [0.1, 0.15) is 5.75 Å². The lowest BCUT2D eigenvalue weighted by Crippen LogP contribution is -1.99. The molecule has 0 saturated carbocycles. The molecule has 0 aliphatic rings. The summed E-state index contributed by atoms with van der Waals surface area (Å²) in [5.41, 5.74) is 4.63. The van der Waals surface area contributed by atoms with Crippen LogP contribution in [0.1, 0.15) is 51.7 Å². The van der Waals surface area contributed by atoms with Gasteiger partial charge in [0, 0.05) is 19.7 Å². The van der Waals surface area contributed by atoms with Crippen LogP contribution in [0.4, 0.5) is 0 Å². The first-order chi connectivity index (χ1) is 10.5. The number of aliphatic hydroxyl groups is 1. The summed E-state index contributed by atoms with van der Waals surface area (Å²) >= 11 is 0. The van der Waals surface area contributed by atoms with Crippen molar-refractivity contribution < 1.29 is 9.84 Å². The fourth-order valence-corrected chi connectivity index (χ4v) is 1.65. The van der Waals surface area contributed by atoms with Gasteiger partial charge in [0.15, 0.2) is 0 Å². The zero-order valence-corrected chi connectivity index (χ0v) is 15.5. The summed E-state index contributed by atoms with van der Waals surface area (Å²) in [7, 11) is 4.52. The minimum atomic E-state index is 0.917. The van der Waals surface area contributed by atoms with Gasteiger partial charge in [-0.2, -0.15) is 0 Å². The third kappa shape index (κ3) is 8.63. The third-order valence-corrected chi connectivity index (χ3v) is 2.87. The summed E-state index contributed by atoms with van der Waals surface area (Å²) in [6, 6.07) is 6.15. The molecule has 0 atom stereocenters. The molecule has 0 bridgehead atoms. The number of methoxy groups -OCH3 is 1. The van der Waals surface area contributed by atoms with Crippen molar-refractivity contribution in [1.29, 1.82) is 0 Å². The van der Waals surface area contributed by atoms with Gasteiger partial charge >= 0.3 is 0 Å². The molecule has 0 radical (unpaired) electrons. The normalized spacial score (nSPS) is 11.0. The number of nitrogens with zero attached hydrogens (tertiary/aromatic N) is 1. The van der Waals surface area contributed by atoms with E-state index in [4.69, 9.17) is 9.84 Å². The Hall–Kier alpha value is -1.61. The number of aliphatic imine (C=N–C) groups is 1. The number of aryl methyl sites for hydroxylation is 1. The molecule has 0 amide bonds. The van der Waals surface area contributed by atoms with Gasteiger partial charge in [-0.1, -0.05) is 32.8 Å². The van der Waals surface area contributed by atoms with E-state index in [1.54, 1.807) is 7.11 Å². The standard InChI is InChI=1S/C15H21NO.C3H8.CH4O/c1-6-11(2)9-14(16-4)13-7-8-15(17-5)12(3)10-13;1-3-2;1-2/h7-10H,6H2,1-5H3;3H2,1-2H3;2H,1H3/b11-9-,16-14?;;. The van der Waals surface area contributed by atoms with E-state index in [9.17, 15) is 0 Å². The zero-order chi connectivity index (χ0) is 17.5. The van der Waals surface area contributed by atoms with Crippen molar-refractivity contribution >= 4 is 5.71 Å². The largest absolute Gasteiger partial charge is 0.496 e. The summed E-state index contributed by atoms with van der Waals surface area (Å²) in [5.74, 6) is 0.917. The van der Waals surface area contributed by atoms with Crippen LogP contribution in [0, 0.1) is 6.92 Å². The lowest BCUT2D eigenvalue weighted by atomic mass is 10.0. The second-order valence-electron chi connectivity index (χ2n) is 4.84. The molecule has 126 valence electrons. The quantitative estimate of drug-likeness (QED) is 0.812. The molecule has 1 N–H and O–H groups in total. The minimum Gasteiger partial charge on any atom is -0.496 e. The molecular formula is C19H33NO2. The Morgan fingerprint density at radius 2 is 1.77 bits per heavy atom. The molecule has 0 saturated heterocycles. The summed E-state index contributed by atoms with van der Waals surface area (Å²) in [6.07, 6.45) is 4.44. The SMILES string of the molecule is CC/C(C)=C\C(=NC)c1ccc(OC)c(C)c1.CCC.CO. The van der Waals surface area contributed by atoms with Crippen molar-refractivity contribution in [3.8, 4) is 5.75 Å². The predicted octanol–water partition coefficient (Wildman–Crippen LogP) is 4.80. The average Bonchev–Trinajstić information content (AvgIpc) is 2.54. The van der Waals surface area contributed by atoms with E-state index in [1.807, 2.05) is 26.1 Å². The molecule has 3 heteroatoms. The Labute approximate surface area is 136 Å². The highest BCUT2D eigenvalue weighted by Crippen LogP contribution is 2.19. The van der Waals surface area contributed by atoms with Crippen molar-refractivity contribution in [2.45, 2.75) is 47.5 Å². The van der Waals surface area contributed by atoms with Gasteiger partial charge in [-0.3, -0.25) is 4.99 Å². The highest BCUT2D eigenvalue weighted by atomic mass is 16.5. The van der Waals surface area contributed by atoms with E-state index in [0.29, 0.717) is 0 Å². The highest BCUT2D eigenvalue weighted by molar-refractivity contribution is 6.09. The molecule has 3 nitrogen and oxygen atoms in total. The van der Waals surface area contributed by atoms with E-state index < -0.39 is 0 Å². The van der Waals surface area contributed by atoms with Gasteiger partial charge in [0.05, 0.1) is 12.8 Å². The second-order valence-corrected chi connectivity index (χ2v) is 4.84. The number of allylic oxidation sites excluding steroid dienone is 2. The Bertz CT molecular complexity index is 463. The lowest BCUT2D eigenvalue weighted by molar-refractivity contribution is 0.399. The average molecular weight is 307 g/mol. The molecule has 1 aromatic rings. The van der Waals surface area contributed by atoms with E-state index in [1.165, 1.54) is 12.0 Å². The first-order valence-electron chi connectivity index (χ1n) is 7.77. The number of hydrogen-bond acceptors (Lipinski definition) is 3. The molecule has 0 aliphatic heterocycles. The van der Waals surface area contributed by atoms with Crippen molar-refractivity contribution in [2.24, 2.45) is 4.99 Å². The molecule has 0 aromatic heterocycles. The van der Waals surface area contributed by atoms with Crippen LogP contribution in [0.3, 0.4) is 0 Å². The monoisotopic (exact) mass is 307 g/mol. The maximum absolute atomic E-state index is 7.00. The molecule has 1 rings (SSSR count). The smallest absolute Gasteiger partial charge is 0.121 e. The second kappa shape index (κ2) is 14.3. The van der Waals surface area contributed by atoms with Crippen LogP contribution in [0.25, 0.3) is 0 Å². The third-order valence-electron chi connectivity index (χ3n) is 2.87. The first-order valence-corrected chi connectivity index (χ1v) is 7.77. The molecular weight excluding hydrogens is 274 g/mol. The zero-order valence-electron chi connectivity index (χ0n) is 15.5. The molecule has 0 heterocycles. The van der Waals surface area contributed by atoms with Gasteiger partial charge < -0.3 is 9.84 Å².